The molecule has 2 fully saturated rings. The summed E-state index contributed by atoms with van der Waals surface area (Å²) < 4.78 is 5.23. The second kappa shape index (κ2) is 6.64. The molecule has 128 valence electrons. The molecule has 6 nitrogen and oxygen atoms in total. The number of ether oxygens (including phenoxy) is 1. The molecule has 0 aliphatic carbocycles. The van der Waals surface area contributed by atoms with Crippen LogP contribution in [-0.4, -0.2) is 53.1 Å². The molecule has 2 aliphatic rings. The van der Waals surface area contributed by atoms with Gasteiger partial charge in [0.05, 0.1) is 13.7 Å². The Kier molecular flexibility index (Phi) is 4.37. The molecular weight excluding hydrogens is 322 g/mol. The summed E-state index contributed by atoms with van der Waals surface area (Å²) in [4.78, 5) is 17.9. The van der Waals surface area contributed by atoms with Crippen LogP contribution in [0, 0.1) is 5.41 Å². The van der Waals surface area contributed by atoms with Crippen LogP contribution in [0.5, 0.6) is 5.88 Å². The second-order valence-corrected chi connectivity index (χ2v) is 7.77. The lowest BCUT2D eigenvalue weighted by Crippen LogP contribution is -2.41. The van der Waals surface area contributed by atoms with E-state index in [2.05, 4.69) is 30.1 Å². The third-order valence-electron chi connectivity index (χ3n) is 5.36. The van der Waals surface area contributed by atoms with Crippen LogP contribution in [0.3, 0.4) is 0 Å². The van der Waals surface area contributed by atoms with Crippen molar-refractivity contribution in [1.29, 1.82) is 0 Å². The van der Waals surface area contributed by atoms with Gasteiger partial charge in [0.1, 0.15) is 17.2 Å². The number of nitrogens with zero attached hydrogens (tertiary/aromatic N) is 5. The van der Waals surface area contributed by atoms with Gasteiger partial charge < -0.3 is 9.64 Å². The summed E-state index contributed by atoms with van der Waals surface area (Å²) in [6, 6.07) is 1.94. The molecule has 0 saturated carbocycles. The largest absolute Gasteiger partial charge is 0.481 e. The van der Waals surface area contributed by atoms with Crippen LogP contribution in [0.1, 0.15) is 24.3 Å². The average molecular weight is 345 g/mol. The molecule has 2 saturated heterocycles. The Balaban J connectivity index is 1.36. The van der Waals surface area contributed by atoms with Crippen molar-refractivity contribution in [3.63, 3.8) is 0 Å². The molecule has 2 aromatic heterocycles. The minimum absolute atomic E-state index is 0.442. The van der Waals surface area contributed by atoms with Gasteiger partial charge in [-0.05, 0) is 37.8 Å². The number of hydrogen-bond acceptors (Lipinski definition) is 7. The number of rotatable bonds is 4. The maximum absolute atomic E-state index is 5.23. The van der Waals surface area contributed by atoms with Crippen molar-refractivity contribution in [2.45, 2.75) is 25.8 Å². The molecule has 4 heterocycles. The minimum Gasteiger partial charge on any atom is -0.481 e. The zero-order valence-electron chi connectivity index (χ0n) is 14.0. The maximum Gasteiger partial charge on any atom is 0.218 e. The van der Waals surface area contributed by atoms with E-state index in [0.717, 1.165) is 25.5 Å². The summed E-state index contributed by atoms with van der Waals surface area (Å²) in [5.41, 5.74) is 0.442. The highest BCUT2D eigenvalue weighted by Gasteiger charge is 2.41. The van der Waals surface area contributed by atoms with Crippen LogP contribution in [0.2, 0.25) is 0 Å². The SMILES string of the molecule is COc1cc(N2CCC3(CCN(Cc4nccs4)CC3)C2)ncn1. The number of likely N-dealkylation sites (tertiary alicyclic amines) is 1. The number of methoxy groups -OCH3 is 1. The summed E-state index contributed by atoms with van der Waals surface area (Å²) in [5.74, 6) is 1.63. The first-order chi connectivity index (χ1) is 11.8. The fourth-order valence-electron chi connectivity index (χ4n) is 3.86. The Morgan fingerprint density at radius 2 is 2.00 bits per heavy atom. The van der Waals surface area contributed by atoms with Crippen LogP contribution in [0.25, 0.3) is 0 Å². The molecule has 4 rings (SSSR count). The molecule has 0 N–H and O–H groups in total. The van der Waals surface area contributed by atoms with Crippen molar-refractivity contribution in [1.82, 2.24) is 19.9 Å². The van der Waals surface area contributed by atoms with E-state index in [-0.39, 0.29) is 0 Å². The Morgan fingerprint density at radius 3 is 2.75 bits per heavy atom. The minimum atomic E-state index is 0.442. The van der Waals surface area contributed by atoms with Crippen molar-refractivity contribution in [3.05, 3.63) is 29.0 Å². The monoisotopic (exact) mass is 345 g/mol. The van der Waals surface area contributed by atoms with Gasteiger partial charge in [0.25, 0.3) is 0 Å². The van der Waals surface area contributed by atoms with Crippen LogP contribution in [0.4, 0.5) is 5.82 Å². The van der Waals surface area contributed by atoms with Crippen LogP contribution >= 0.6 is 11.3 Å². The van der Waals surface area contributed by atoms with Gasteiger partial charge in [-0.25, -0.2) is 15.0 Å². The number of thiazole rings is 1. The molecule has 0 amide bonds. The average Bonchev–Trinajstić information content (AvgIpc) is 3.28. The topological polar surface area (TPSA) is 54.4 Å². The van der Waals surface area contributed by atoms with Gasteiger partial charge in [-0.15, -0.1) is 11.3 Å². The van der Waals surface area contributed by atoms with E-state index in [1.54, 1.807) is 24.8 Å². The molecule has 2 aromatic rings. The summed E-state index contributed by atoms with van der Waals surface area (Å²) in [7, 11) is 1.65. The molecule has 24 heavy (non-hydrogen) atoms. The normalized spacial score (nSPS) is 20.6. The number of hydrogen-bond donors (Lipinski definition) is 0. The first-order valence-electron chi connectivity index (χ1n) is 8.48. The fraction of sp³-hybridized carbons (Fsp3) is 0.588. The Morgan fingerprint density at radius 1 is 1.17 bits per heavy atom. The van der Waals surface area contributed by atoms with Gasteiger partial charge in [0.2, 0.25) is 5.88 Å². The third-order valence-corrected chi connectivity index (χ3v) is 6.12. The Hall–Kier alpha value is -1.73. The van der Waals surface area contributed by atoms with Crippen LogP contribution in [0.15, 0.2) is 24.0 Å². The van der Waals surface area contributed by atoms with E-state index in [1.165, 1.54) is 37.4 Å². The molecule has 0 radical (unpaired) electrons. The summed E-state index contributed by atoms with van der Waals surface area (Å²) in [6.45, 7) is 5.51. The van der Waals surface area contributed by atoms with E-state index in [1.807, 2.05) is 12.3 Å². The van der Waals surface area contributed by atoms with Crippen molar-refractivity contribution in [2.24, 2.45) is 5.41 Å². The van der Waals surface area contributed by atoms with E-state index < -0.39 is 0 Å². The molecule has 0 bridgehead atoms. The van der Waals surface area contributed by atoms with Crippen molar-refractivity contribution in [3.8, 4) is 5.88 Å². The van der Waals surface area contributed by atoms with Gasteiger partial charge in [-0.3, -0.25) is 4.90 Å². The predicted octanol–water partition coefficient (Wildman–Crippen LogP) is 2.43. The standard InChI is InChI=1S/C17H23N5OS/c1-23-15-10-14(19-13-20-15)22-8-4-17(12-22)2-6-21(7-3-17)11-16-18-5-9-24-16/h5,9-10,13H,2-4,6-8,11-12H2,1H3. The molecular formula is C17H23N5OS. The number of aromatic nitrogens is 3. The number of anilines is 1. The van der Waals surface area contributed by atoms with Crippen molar-refractivity contribution < 1.29 is 4.74 Å². The molecule has 0 atom stereocenters. The highest BCUT2D eigenvalue weighted by Crippen LogP contribution is 2.42. The molecule has 0 aromatic carbocycles. The van der Waals surface area contributed by atoms with Gasteiger partial charge in [0.15, 0.2) is 0 Å². The zero-order chi connectivity index (χ0) is 16.4. The van der Waals surface area contributed by atoms with E-state index >= 15 is 0 Å². The molecule has 1 spiro atoms. The lowest BCUT2D eigenvalue weighted by molar-refractivity contribution is 0.115. The second-order valence-electron chi connectivity index (χ2n) is 6.79. The lowest BCUT2D eigenvalue weighted by atomic mass is 9.78. The lowest BCUT2D eigenvalue weighted by Gasteiger charge is -2.39. The van der Waals surface area contributed by atoms with Crippen molar-refractivity contribution >= 4 is 17.2 Å². The molecule has 7 heteroatoms. The molecule has 0 unspecified atom stereocenters. The smallest absolute Gasteiger partial charge is 0.218 e. The van der Waals surface area contributed by atoms with E-state index in [4.69, 9.17) is 4.74 Å². The summed E-state index contributed by atoms with van der Waals surface area (Å²) in [5, 5.41) is 3.29. The van der Waals surface area contributed by atoms with Gasteiger partial charge in [0, 0.05) is 30.7 Å². The van der Waals surface area contributed by atoms with Gasteiger partial charge >= 0.3 is 0 Å². The third kappa shape index (κ3) is 3.23. The van der Waals surface area contributed by atoms with Crippen LogP contribution < -0.4 is 9.64 Å². The number of piperidine rings is 1. The highest BCUT2D eigenvalue weighted by atomic mass is 32.1. The highest BCUT2D eigenvalue weighted by molar-refractivity contribution is 7.09. The van der Waals surface area contributed by atoms with E-state index in [0.29, 0.717) is 11.3 Å². The predicted molar refractivity (Wildman–Crippen MR) is 94.5 cm³/mol. The Labute approximate surface area is 146 Å². The summed E-state index contributed by atoms with van der Waals surface area (Å²) in [6.07, 6.45) is 7.27. The fourth-order valence-corrected chi connectivity index (χ4v) is 4.52. The van der Waals surface area contributed by atoms with Crippen LogP contribution in [-0.2, 0) is 6.54 Å². The van der Waals surface area contributed by atoms with Gasteiger partial charge in [-0.1, -0.05) is 0 Å². The molecule has 2 aliphatic heterocycles. The van der Waals surface area contributed by atoms with Gasteiger partial charge in [-0.2, -0.15) is 0 Å². The zero-order valence-corrected chi connectivity index (χ0v) is 14.8. The van der Waals surface area contributed by atoms with E-state index in [9.17, 15) is 0 Å². The quantitative estimate of drug-likeness (QED) is 0.848. The summed E-state index contributed by atoms with van der Waals surface area (Å²) >= 11 is 1.75. The van der Waals surface area contributed by atoms with Crippen molar-refractivity contribution in [2.75, 3.05) is 38.2 Å². The first kappa shape index (κ1) is 15.8. The Bertz CT molecular complexity index is 669. The first-order valence-corrected chi connectivity index (χ1v) is 9.36. The maximum atomic E-state index is 5.23.